The summed E-state index contributed by atoms with van der Waals surface area (Å²) < 4.78 is 31.0. The molecule has 7 nitrogen and oxygen atoms in total. The van der Waals surface area contributed by atoms with Gasteiger partial charge in [-0.15, -0.1) is 0 Å². The molecule has 0 fully saturated rings. The predicted octanol–water partition coefficient (Wildman–Crippen LogP) is 2.80. The van der Waals surface area contributed by atoms with Gasteiger partial charge >= 0.3 is 0 Å². The van der Waals surface area contributed by atoms with Gasteiger partial charge in [-0.3, -0.25) is 14.1 Å². The number of rotatable bonds is 5. The molecular weight excluding hydrogens is 338 g/mol. The molecule has 0 atom stereocenters. The zero-order valence-electron chi connectivity index (χ0n) is 15.1. The van der Waals surface area contributed by atoms with Crippen LogP contribution < -0.4 is 4.72 Å². The molecule has 0 amide bonds. The van der Waals surface area contributed by atoms with Gasteiger partial charge in [0.15, 0.2) is 5.82 Å². The van der Waals surface area contributed by atoms with E-state index in [0.29, 0.717) is 5.82 Å². The molecule has 1 N–H and O–H groups in total. The molecule has 0 aliphatic carbocycles. The van der Waals surface area contributed by atoms with Crippen LogP contribution in [0.15, 0.2) is 35.5 Å². The maximum atomic E-state index is 12.6. The lowest BCUT2D eigenvalue weighted by Gasteiger charge is -2.24. The molecule has 8 heteroatoms. The molecule has 0 saturated carbocycles. The second-order valence-corrected chi connectivity index (χ2v) is 8.55. The van der Waals surface area contributed by atoms with Gasteiger partial charge in [0.25, 0.3) is 10.0 Å². The van der Waals surface area contributed by atoms with Crippen molar-refractivity contribution in [2.75, 3.05) is 4.72 Å². The minimum Gasteiger partial charge on any atom is -0.274 e. The van der Waals surface area contributed by atoms with E-state index in [1.54, 1.807) is 11.7 Å². The fraction of sp³-hybridized carbons (Fsp3) is 0.412. The van der Waals surface area contributed by atoms with E-state index in [9.17, 15) is 8.42 Å². The number of hydrogen-bond acceptors (Lipinski definition) is 4. The highest BCUT2D eigenvalue weighted by molar-refractivity contribution is 7.92. The van der Waals surface area contributed by atoms with Crippen LogP contribution in [0.25, 0.3) is 10.9 Å². The van der Waals surface area contributed by atoms with Gasteiger partial charge < -0.3 is 0 Å². The largest absolute Gasteiger partial charge is 0.274 e. The van der Waals surface area contributed by atoms with Crippen molar-refractivity contribution < 1.29 is 8.42 Å². The molecule has 2 heterocycles. The quantitative estimate of drug-likeness (QED) is 0.757. The summed E-state index contributed by atoms with van der Waals surface area (Å²) in [4.78, 5) is 0.110. The SMILES string of the molecule is CCC(C)(C)c1cccc2c(NS(=O)(=O)c3cnn(C)c3)nn(C)c12. The van der Waals surface area contributed by atoms with E-state index in [1.165, 1.54) is 17.1 Å². The lowest BCUT2D eigenvalue weighted by atomic mass is 9.81. The highest BCUT2D eigenvalue weighted by atomic mass is 32.2. The van der Waals surface area contributed by atoms with Gasteiger partial charge in [-0.05, 0) is 23.5 Å². The molecule has 0 saturated heterocycles. The first-order valence-electron chi connectivity index (χ1n) is 8.13. The molecule has 134 valence electrons. The van der Waals surface area contributed by atoms with Crippen LogP contribution in [0.5, 0.6) is 0 Å². The number of hydrogen-bond donors (Lipinski definition) is 1. The highest BCUT2D eigenvalue weighted by Crippen LogP contribution is 2.35. The first kappa shape index (κ1) is 17.5. The monoisotopic (exact) mass is 361 g/mol. The van der Waals surface area contributed by atoms with E-state index >= 15 is 0 Å². The second kappa shape index (κ2) is 5.87. The summed E-state index contributed by atoms with van der Waals surface area (Å²) in [5.41, 5.74) is 2.06. The second-order valence-electron chi connectivity index (χ2n) is 6.87. The third-order valence-electron chi connectivity index (χ3n) is 4.70. The van der Waals surface area contributed by atoms with Crippen LogP contribution in [-0.2, 0) is 29.5 Å². The Hall–Kier alpha value is -2.35. The van der Waals surface area contributed by atoms with Crippen molar-refractivity contribution >= 4 is 26.7 Å². The molecule has 2 aromatic heterocycles. The Morgan fingerprint density at radius 3 is 2.56 bits per heavy atom. The van der Waals surface area contributed by atoms with Crippen LogP contribution in [0, 0.1) is 0 Å². The van der Waals surface area contributed by atoms with Crippen molar-refractivity contribution in [1.82, 2.24) is 19.6 Å². The van der Waals surface area contributed by atoms with Gasteiger partial charge in [0.05, 0.1) is 11.7 Å². The summed E-state index contributed by atoms with van der Waals surface area (Å²) >= 11 is 0. The van der Waals surface area contributed by atoms with Crippen LogP contribution in [-0.4, -0.2) is 28.0 Å². The van der Waals surface area contributed by atoms with Crippen molar-refractivity contribution in [3.05, 3.63) is 36.2 Å². The fourth-order valence-electron chi connectivity index (χ4n) is 2.87. The summed E-state index contributed by atoms with van der Waals surface area (Å²) in [5.74, 6) is 0.329. The average molecular weight is 361 g/mol. The van der Waals surface area contributed by atoms with Crippen LogP contribution in [0.1, 0.15) is 32.8 Å². The number of nitrogens with one attached hydrogen (secondary N) is 1. The van der Waals surface area contributed by atoms with Gasteiger partial charge in [-0.2, -0.15) is 10.2 Å². The molecule has 0 unspecified atom stereocenters. The van der Waals surface area contributed by atoms with E-state index in [0.717, 1.165) is 22.9 Å². The van der Waals surface area contributed by atoms with E-state index in [2.05, 4.69) is 41.8 Å². The number of sulfonamides is 1. The van der Waals surface area contributed by atoms with E-state index in [-0.39, 0.29) is 10.3 Å². The summed E-state index contributed by atoms with van der Waals surface area (Å²) in [5, 5.41) is 9.12. The van der Waals surface area contributed by atoms with Gasteiger partial charge in [0.1, 0.15) is 4.90 Å². The third kappa shape index (κ3) is 3.02. The van der Waals surface area contributed by atoms with Gasteiger partial charge in [0, 0.05) is 25.7 Å². The number of anilines is 1. The van der Waals surface area contributed by atoms with Crippen molar-refractivity contribution in [1.29, 1.82) is 0 Å². The van der Waals surface area contributed by atoms with Crippen LogP contribution in [0.2, 0.25) is 0 Å². The summed E-state index contributed by atoms with van der Waals surface area (Å²) in [6, 6.07) is 5.91. The lowest BCUT2D eigenvalue weighted by molar-refractivity contribution is 0.507. The van der Waals surface area contributed by atoms with Crippen molar-refractivity contribution in [2.24, 2.45) is 14.1 Å². The van der Waals surface area contributed by atoms with Gasteiger partial charge in [-0.25, -0.2) is 8.42 Å². The maximum absolute atomic E-state index is 12.6. The van der Waals surface area contributed by atoms with Crippen molar-refractivity contribution in [2.45, 2.75) is 37.5 Å². The Balaban J connectivity index is 2.12. The number of para-hydroxylation sites is 1. The number of aromatic nitrogens is 4. The Morgan fingerprint density at radius 2 is 1.96 bits per heavy atom. The Bertz CT molecular complexity index is 1030. The number of benzene rings is 1. The van der Waals surface area contributed by atoms with Gasteiger partial charge in [-0.1, -0.05) is 32.9 Å². The molecule has 3 rings (SSSR count). The number of nitrogens with zero attached hydrogens (tertiary/aromatic N) is 4. The minimum absolute atomic E-state index is 0.0349. The highest BCUT2D eigenvalue weighted by Gasteiger charge is 2.25. The number of aryl methyl sites for hydroxylation is 2. The van der Waals surface area contributed by atoms with E-state index in [4.69, 9.17) is 0 Å². The van der Waals surface area contributed by atoms with Crippen LogP contribution in [0.3, 0.4) is 0 Å². The Kier molecular flexibility index (Phi) is 4.10. The molecule has 0 spiro atoms. The van der Waals surface area contributed by atoms with E-state index < -0.39 is 10.0 Å². The third-order valence-corrected chi connectivity index (χ3v) is 5.99. The number of fused-ring (bicyclic) bond motifs is 1. The topological polar surface area (TPSA) is 81.8 Å². The summed E-state index contributed by atoms with van der Waals surface area (Å²) in [7, 11) is -0.226. The van der Waals surface area contributed by atoms with Crippen LogP contribution in [0.4, 0.5) is 5.82 Å². The van der Waals surface area contributed by atoms with Crippen LogP contribution >= 0.6 is 0 Å². The summed E-state index contributed by atoms with van der Waals surface area (Å²) in [6.07, 6.45) is 3.74. The molecule has 0 bridgehead atoms. The molecule has 0 radical (unpaired) electrons. The molecule has 1 aromatic carbocycles. The molecule has 3 aromatic rings. The summed E-state index contributed by atoms with van der Waals surface area (Å²) in [6.45, 7) is 6.49. The Morgan fingerprint density at radius 1 is 1.24 bits per heavy atom. The molecule has 0 aliphatic rings. The minimum atomic E-state index is -3.73. The molecule has 0 aliphatic heterocycles. The first-order chi connectivity index (χ1) is 11.7. The van der Waals surface area contributed by atoms with Crippen molar-refractivity contribution in [3.63, 3.8) is 0 Å². The van der Waals surface area contributed by atoms with Gasteiger partial charge in [0.2, 0.25) is 0 Å². The zero-order valence-corrected chi connectivity index (χ0v) is 15.9. The maximum Gasteiger partial charge on any atom is 0.266 e. The lowest BCUT2D eigenvalue weighted by Crippen LogP contribution is -2.16. The predicted molar refractivity (Wildman–Crippen MR) is 98.0 cm³/mol. The van der Waals surface area contributed by atoms with Crippen molar-refractivity contribution in [3.8, 4) is 0 Å². The first-order valence-corrected chi connectivity index (χ1v) is 9.61. The normalized spacial score (nSPS) is 12.7. The average Bonchev–Trinajstić information content (AvgIpc) is 3.12. The zero-order chi connectivity index (χ0) is 18.4. The molecule has 25 heavy (non-hydrogen) atoms. The molecular formula is C17H23N5O2S. The standard InChI is InChI=1S/C17H23N5O2S/c1-6-17(2,3)14-9-7-8-13-15(14)22(5)19-16(13)20-25(23,24)12-10-18-21(4)11-12/h7-11H,6H2,1-5H3,(H,19,20). The smallest absolute Gasteiger partial charge is 0.266 e. The van der Waals surface area contributed by atoms with E-state index in [1.807, 2.05) is 19.2 Å². The fourth-order valence-corrected chi connectivity index (χ4v) is 3.87. The Labute approximate surface area is 147 Å².